The highest BCUT2D eigenvalue weighted by atomic mass is 32.2. The maximum atomic E-state index is 13.4. The number of sulfonamides is 1. The molecule has 0 fully saturated rings. The van der Waals surface area contributed by atoms with Crippen LogP contribution in [0.1, 0.15) is 27.0 Å². The van der Waals surface area contributed by atoms with Gasteiger partial charge in [0.15, 0.2) is 0 Å². The summed E-state index contributed by atoms with van der Waals surface area (Å²) in [6, 6.07) is 17.3. The van der Waals surface area contributed by atoms with Gasteiger partial charge in [-0.3, -0.25) is 9.10 Å². The van der Waals surface area contributed by atoms with Gasteiger partial charge >= 0.3 is 5.97 Å². The van der Waals surface area contributed by atoms with Crippen molar-refractivity contribution in [1.29, 1.82) is 0 Å². The fourth-order valence-electron chi connectivity index (χ4n) is 3.06. The molecule has 0 spiro atoms. The summed E-state index contributed by atoms with van der Waals surface area (Å²) in [6.07, 6.45) is 0. The standard InChI is InChI=1S/C24H24N2O5S/c1-16-4-12-22(13-5-16)32(30,31)26(21-11-6-17(2)18(3)14-21)15-23(27)25-20-9-7-19(8-10-20)24(28)29/h4-14H,15H2,1-3H3,(H,25,27)(H,28,29). The minimum Gasteiger partial charge on any atom is -0.478 e. The van der Waals surface area contributed by atoms with Gasteiger partial charge in [-0.15, -0.1) is 0 Å². The van der Waals surface area contributed by atoms with Gasteiger partial charge in [-0.1, -0.05) is 23.8 Å². The lowest BCUT2D eigenvalue weighted by atomic mass is 10.1. The molecule has 1 amide bonds. The number of anilines is 2. The summed E-state index contributed by atoms with van der Waals surface area (Å²) in [6.45, 7) is 5.21. The molecule has 166 valence electrons. The number of hydrogen-bond acceptors (Lipinski definition) is 4. The van der Waals surface area contributed by atoms with Gasteiger partial charge in [-0.05, 0) is 80.4 Å². The van der Waals surface area contributed by atoms with E-state index < -0.39 is 28.4 Å². The summed E-state index contributed by atoms with van der Waals surface area (Å²) in [7, 11) is -4.01. The number of rotatable bonds is 7. The Labute approximate surface area is 187 Å². The molecule has 0 aromatic heterocycles. The topological polar surface area (TPSA) is 104 Å². The zero-order chi connectivity index (χ0) is 23.5. The second-order valence-corrected chi connectivity index (χ2v) is 9.39. The summed E-state index contributed by atoms with van der Waals surface area (Å²) in [4.78, 5) is 23.8. The van der Waals surface area contributed by atoms with Crippen LogP contribution in [-0.2, 0) is 14.8 Å². The molecule has 32 heavy (non-hydrogen) atoms. The minimum absolute atomic E-state index is 0.0833. The first-order chi connectivity index (χ1) is 15.1. The molecule has 7 nitrogen and oxygen atoms in total. The van der Waals surface area contributed by atoms with Gasteiger partial charge in [0, 0.05) is 5.69 Å². The number of carboxylic acid groups (broad SMARTS) is 1. The SMILES string of the molecule is Cc1ccc(S(=O)(=O)N(CC(=O)Nc2ccc(C(=O)O)cc2)c2ccc(C)c(C)c2)cc1. The number of carbonyl (C=O) groups excluding carboxylic acids is 1. The number of amides is 1. The average Bonchev–Trinajstić information content (AvgIpc) is 2.74. The number of aromatic carboxylic acids is 1. The van der Waals surface area contributed by atoms with Crippen molar-refractivity contribution < 1.29 is 23.1 Å². The Morgan fingerprint density at radius 1 is 0.875 bits per heavy atom. The van der Waals surface area contributed by atoms with Crippen molar-refractivity contribution in [3.8, 4) is 0 Å². The number of carboxylic acids is 1. The van der Waals surface area contributed by atoms with Crippen LogP contribution < -0.4 is 9.62 Å². The lowest BCUT2D eigenvalue weighted by molar-refractivity contribution is -0.114. The zero-order valence-corrected chi connectivity index (χ0v) is 18.8. The van der Waals surface area contributed by atoms with Gasteiger partial charge in [0.05, 0.1) is 16.1 Å². The minimum atomic E-state index is -4.01. The summed E-state index contributed by atoms with van der Waals surface area (Å²) >= 11 is 0. The van der Waals surface area contributed by atoms with Crippen LogP contribution in [0.3, 0.4) is 0 Å². The molecule has 0 bridgehead atoms. The van der Waals surface area contributed by atoms with Crippen LogP contribution in [0.2, 0.25) is 0 Å². The van der Waals surface area contributed by atoms with Crippen molar-refractivity contribution in [3.63, 3.8) is 0 Å². The van der Waals surface area contributed by atoms with E-state index in [1.165, 1.54) is 36.4 Å². The first-order valence-corrected chi connectivity index (χ1v) is 11.3. The highest BCUT2D eigenvalue weighted by Crippen LogP contribution is 2.26. The van der Waals surface area contributed by atoms with Crippen molar-refractivity contribution >= 4 is 33.3 Å². The lowest BCUT2D eigenvalue weighted by Crippen LogP contribution is -2.38. The molecule has 3 aromatic carbocycles. The van der Waals surface area contributed by atoms with Crippen LogP contribution in [0.4, 0.5) is 11.4 Å². The molecule has 3 aromatic rings. The van der Waals surface area contributed by atoms with E-state index in [1.807, 2.05) is 26.8 Å². The van der Waals surface area contributed by atoms with Gasteiger partial charge in [0.2, 0.25) is 5.91 Å². The van der Waals surface area contributed by atoms with Gasteiger partial charge in [0.1, 0.15) is 6.54 Å². The van der Waals surface area contributed by atoms with E-state index in [1.54, 1.807) is 24.3 Å². The number of aryl methyl sites for hydroxylation is 3. The maximum absolute atomic E-state index is 13.4. The maximum Gasteiger partial charge on any atom is 0.335 e. The van der Waals surface area contributed by atoms with Crippen LogP contribution in [-0.4, -0.2) is 31.9 Å². The summed E-state index contributed by atoms with van der Waals surface area (Å²) < 4.78 is 27.9. The Bertz CT molecular complexity index is 1250. The predicted molar refractivity (Wildman–Crippen MR) is 124 cm³/mol. The molecule has 0 saturated carbocycles. The monoisotopic (exact) mass is 452 g/mol. The van der Waals surface area contributed by atoms with E-state index in [4.69, 9.17) is 5.11 Å². The molecule has 8 heteroatoms. The first-order valence-electron chi connectivity index (χ1n) is 9.88. The summed E-state index contributed by atoms with van der Waals surface area (Å²) in [5.41, 5.74) is 3.66. The highest BCUT2D eigenvalue weighted by Gasteiger charge is 2.27. The van der Waals surface area contributed by atoms with Crippen LogP contribution >= 0.6 is 0 Å². The second-order valence-electron chi connectivity index (χ2n) is 7.52. The van der Waals surface area contributed by atoms with E-state index in [0.717, 1.165) is 21.0 Å². The molecule has 0 saturated heterocycles. The van der Waals surface area contributed by atoms with Crippen LogP contribution in [0.25, 0.3) is 0 Å². The van der Waals surface area contributed by atoms with E-state index in [2.05, 4.69) is 5.32 Å². The third-order valence-corrected chi connectivity index (χ3v) is 6.88. The molecule has 3 rings (SSSR count). The van der Waals surface area contributed by atoms with Gasteiger partial charge in [-0.2, -0.15) is 0 Å². The highest BCUT2D eigenvalue weighted by molar-refractivity contribution is 7.92. The molecule has 0 atom stereocenters. The first kappa shape index (κ1) is 23.0. The van der Waals surface area contributed by atoms with Gasteiger partial charge < -0.3 is 10.4 Å². The van der Waals surface area contributed by atoms with Crippen LogP contribution in [0, 0.1) is 20.8 Å². The molecule has 2 N–H and O–H groups in total. The summed E-state index contributed by atoms with van der Waals surface area (Å²) in [5, 5.41) is 11.6. The van der Waals surface area contributed by atoms with Crippen LogP contribution in [0.15, 0.2) is 71.6 Å². The van der Waals surface area contributed by atoms with E-state index >= 15 is 0 Å². The van der Waals surface area contributed by atoms with Crippen molar-refractivity contribution in [2.24, 2.45) is 0 Å². The van der Waals surface area contributed by atoms with Gasteiger partial charge in [-0.25, -0.2) is 13.2 Å². The lowest BCUT2D eigenvalue weighted by Gasteiger charge is -2.25. The number of carbonyl (C=O) groups is 2. The molecular weight excluding hydrogens is 428 g/mol. The average molecular weight is 453 g/mol. The van der Waals surface area contributed by atoms with Crippen molar-refractivity contribution in [3.05, 3.63) is 89.0 Å². The van der Waals surface area contributed by atoms with Crippen LogP contribution in [0.5, 0.6) is 0 Å². The zero-order valence-electron chi connectivity index (χ0n) is 18.0. The molecular formula is C24H24N2O5S. The largest absolute Gasteiger partial charge is 0.478 e. The van der Waals surface area contributed by atoms with Crippen molar-refractivity contribution in [1.82, 2.24) is 0 Å². The van der Waals surface area contributed by atoms with Gasteiger partial charge in [0.25, 0.3) is 10.0 Å². The molecule has 0 aliphatic heterocycles. The molecule has 0 radical (unpaired) electrons. The molecule has 0 unspecified atom stereocenters. The normalized spacial score (nSPS) is 11.1. The smallest absolute Gasteiger partial charge is 0.335 e. The van der Waals surface area contributed by atoms with E-state index in [-0.39, 0.29) is 10.5 Å². The Hall–Kier alpha value is -3.65. The summed E-state index contributed by atoms with van der Waals surface area (Å²) in [5.74, 6) is -1.63. The van der Waals surface area contributed by atoms with Crippen molar-refractivity contribution in [2.45, 2.75) is 25.7 Å². The number of nitrogens with one attached hydrogen (secondary N) is 1. The van der Waals surface area contributed by atoms with E-state index in [0.29, 0.717) is 11.4 Å². The molecule has 0 heterocycles. The Balaban J connectivity index is 1.93. The Kier molecular flexibility index (Phi) is 6.64. The third-order valence-electron chi connectivity index (χ3n) is 5.09. The Morgan fingerprint density at radius 3 is 2.06 bits per heavy atom. The number of hydrogen-bond donors (Lipinski definition) is 2. The Morgan fingerprint density at radius 2 is 1.50 bits per heavy atom. The fraction of sp³-hybridized carbons (Fsp3) is 0.167. The van der Waals surface area contributed by atoms with Crippen molar-refractivity contribution in [2.75, 3.05) is 16.2 Å². The van der Waals surface area contributed by atoms with E-state index in [9.17, 15) is 18.0 Å². The molecule has 0 aliphatic carbocycles. The quantitative estimate of drug-likeness (QED) is 0.561. The number of nitrogens with zero attached hydrogens (tertiary/aromatic N) is 1. The second kappa shape index (κ2) is 9.23. The third kappa shape index (κ3) is 5.15. The fourth-order valence-corrected chi connectivity index (χ4v) is 4.47. The predicted octanol–water partition coefficient (Wildman–Crippen LogP) is 4.14. The number of benzene rings is 3. The molecule has 0 aliphatic rings.